The first kappa shape index (κ1) is 21.4. The molecule has 33 heavy (non-hydrogen) atoms. The van der Waals surface area contributed by atoms with Gasteiger partial charge < -0.3 is 14.4 Å². The molecule has 1 amide bonds. The first-order valence-corrected chi connectivity index (χ1v) is 11.4. The second-order valence-corrected chi connectivity index (χ2v) is 9.20. The molecule has 1 N–H and O–H groups in total. The molecule has 0 aliphatic carbocycles. The molecular formula is C25H17ClFNO4S. The molecule has 4 aromatic rings. The number of benzene rings is 2. The van der Waals surface area contributed by atoms with Crippen molar-refractivity contribution in [1.29, 1.82) is 0 Å². The molecule has 0 bridgehead atoms. The predicted molar refractivity (Wildman–Crippen MR) is 124 cm³/mol. The number of ketones is 1. The second kappa shape index (κ2) is 8.17. The number of fused-ring (bicyclic) bond motifs is 1. The summed E-state index contributed by atoms with van der Waals surface area (Å²) < 4.78 is 19.1. The van der Waals surface area contributed by atoms with Crippen LogP contribution in [0.1, 0.15) is 32.6 Å². The van der Waals surface area contributed by atoms with E-state index in [4.69, 9.17) is 16.0 Å². The molecule has 166 valence electrons. The highest BCUT2D eigenvalue weighted by atomic mass is 35.5. The summed E-state index contributed by atoms with van der Waals surface area (Å²) in [6, 6.07) is 13.4. The average Bonchev–Trinajstić information content (AvgIpc) is 3.47. The molecule has 1 unspecified atom stereocenters. The van der Waals surface area contributed by atoms with E-state index in [1.54, 1.807) is 36.4 Å². The van der Waals surface area contributed by atoms with E-state index in [1.807, 2.05) is 18.4 Å². The van der Waals surface area contributed by atoms with Gasteiger partial charge in [0.2, 0.25) is 5.78 Å². The maximum Gasteiger partial charge on any atom is 0.290 e. The Morgan fingerprint density at radius 2 is 1.94 bits per heavy atom. The predicted octanol–water partition coefficient (Wildman–Crippen LogP) is 6.37. The van der Waals surface area contributed by atoms with Crippen LogP contribution in [0.15, 0.2) is 75.7 Å². The summed E-state index contributed by atoms with van der Waals surface area (Å²) in [5, 5.41) is 13.8. The number of carbonyl (C=O) groups is 2. The van der Waals surface area contributed by atoms with Crippen LogP contribution in [0.4, 0.5) is 4.39 Å². The molecule has 0 spiro atoms. The third-order valence-electron chi connectivity index (χ3n) is 5.67. The lowest BCUT2D eigenvalue weighted by atomic mass is 9.98. The van der Waals surface area contributed by atoms with Gasteiger partial charge in [-0.05, 0) is 65.9 Å². The second-order valence-electron chi connectivity index (χ2n) is 7.81. The van der Waals surface area contributed by atoms with Crippen molar-refractivity contribution in [2.75, 3.05) is 0 Å². The molecule has 2 aromatic heterocycles. The molecule has 0 fully saturated rings. The van der Waals surface area contributed by atoms with Gasteiger partial charge in [-0.25, -0.2) is 4.39 Å². The van der Waals surface area contributed by atoms with Crippen molar-refractivity contribution in [2.24, 2.45) is 0 Å². The van der Waals surface area contributed by atoms with E-state index in [-0.39, 0.29) is 23.7 Å². The van der Waals surface area contributed by atoms with Gasteiger partial charge in [0.05, 0.1) is 5.57 Å². The van der Waals surface area contributed by atoms with Crippen LogP contribution < -0.4 is 0 Å². The smallest absolute Gasteiger partial charge is 0.290 e. The van der Waals surface area contributed by atoms with Gasteiger partial charge in [0.15, 0.2) is 11.5 Å². The summed E-state index contributed by atoms with van der Waals surface area (Å²) in [7, 11) is 0. The minimum atomic E-state index is -0.799. The Kier molecular flexibility index (Phi) is 5.31. The summed E-state index contributed by atoms with van der Waals surface area (Å²) in [6.07, 6.45) is 0. The zero-order valence-electron chi connectivity index (χ0n) is 17.3. The molecule has 0 radical (unpaired) electrons. The Balaban J connectivity index is 1.59. The number of Topliss-reactive ketones (excluding diaryl/α,β-unsaturated/α-hetero) is 1. The summed E-state index contributed by atoms with van der Waals surface area (Å²) in [5.74, 6) is -2.24. The SMILES string of the molecule is Cc1ccsc1C1C(C(=O)c2cc3cc(Cl)ccc3o2)=C(O)C(=O)N1Cc1ccc(F)cc1. The number of aliphatic hydroxyl groups is 1. The Morgan fingerprint density at radius 1 is 1.18 bits per heavy atom. The average molecular weight is 482 g/mol. The van der Waals surface area contributed by atoms with E-state index in [0.29, 0.717) is 21.6 Å². The van der Waals surface area contributed by atoms with Crippen molar-refractivity contribution in [3.8, 4) is 0 Å². The highest BCUT2D eigenvalue weighted by molar-refractivity contribution is 7.10. The number of halogens is 2. The van der Waals surface area contributed by atoms with Crippen molar-refractivity contribution < 1.29 is 23.5 Å². The zero-order chi connectivity index (χ0) is 23.3. The number of hydrogen-bond acceptors (Lipinski definition) is 5. The van der Waals surface area contributed by atoms with Crippen LogP contribution in [0.25, 0.3) is 11.0 Å². The Morgan fingerprint density at radius 3 is 2.64 bits per heavy atom. The number of aliphatic hydroxyl groups excluding tert-OH is 1. The number of furan rings is 1. The quantitative estimate of drug-likeness (QED) is 0.336. The van der Waals surface area contributed by atoms with Crippen molar-refractivity contribution in [1.82, 2.24) is 4.90 Å². The Hall–Kier alpha value is -3.42. The maximum atomic E-state index is 13.5. The van der Waals surface area contributed by atoms with E-state index in [0.717, 1.165) is 10.4 Å². The van der Waals surface area contributed by atoms with Gasteiger partial charge in [0.25, 0.3) is 5.91 Å². The van der Waals surface area contributed by atoms with Crippen molar-refractivity contribution >= 4 is 45.6 Å². The third kappa shape index (κ3) is 3.73. The highest BCUT2D eigenvalue weighted by Gasteiger charge is 2.45. The molecule has 0 saturated carbocycles. The molecule has 1 aliphatic heterocycles. The molecule has 5 rings (SSSR count). The number of thiophene rings is 1. The summed E-state index contributed by atoms with van der Waals surface area (Å²) >= 11 is 7.43. The standard InChI is InChI=1S/C25H17ClFNO4S/c1-13-8-9-33-24(13)21-20(22(29)19-11-15-10-16(26)4-7-18(15)32-19)23(30)25(31)28(21)12-14-2-5-17(27)6-3-14/h2-11,21,30H,12H2,1H3. The van der Waals surface area contributed by atoms with E-state index >= 15 is 0 Å². The number of hydrogen-bond donors (Lipinski definition) is 1. The van der Waals surface area contributed by atoms with Crippen molar-refractivity contribution in [2.45, 2.75) is 19.5 Å². The third-order valence-corrected chi connectivity index (χ3v) is 6.97. The molecule has 0 saturated heterocycles. The summed E-state index contributed by atoms with van der Waals surface area (Å²) in [5.41, 5.74) is 1.99. The van der Waals surface area contributed by atoms with Gasteiger partial charge in [-0.15, -0.1) is 11.3 Å². The fourth-order valence-corrected chi connectivity index (χ4v) is 5.26. The van der Waals surface area contributed by atoms with Crippen LogP contribution in [0.2, 0.25) is 5.02 Å². The van der Waals surface area contributed by atoms with Crippen LogP contribution in [0.3, 0.4) is 0 Å². The first-order valence-electron chi connectivity index (χ1n) is 10.1. The number of amides is 1. The van der Waals surface area contributed by atoms with Crippen molar-refractivity contribution in [3.05, 3.63) is 104 Å². The molecule has 5 nitrogen and oxygen atoms in total. The number of aryl methyl sites for hydroxylation is 1. The molecule has 1 aliphatic rings. The number of nitrogens with zero attached hydrogens (tertiary/aromatic N) is 1. The highest BCUT2D eigenvalue weighted by Crippen LogP contribution is 2.43. The lowest BCUT2D eigenvalue weighted by Gasteiger charge is -2.26. The van der Waals surface area contributed by atoms with Crippen LogP contribution in [0, 0.1) is 12.7 Å². The van der Waals surface area contributed by atoms with Gasteiger partial charge in [0, 0.05) is 21.8 Å². The van der Waals surface area contributed by atoms with Gasteiger partial charge in [0.1, 0.15) is 17.4 Å². The number of carbonyl (C=O) groups excluding carboxylic acids is 2. The number of rotatable bonds is 5. The first-order chi connectivity index (χ1) is 15.8. The fourth-order valence-electron chi connectivity index (χ4n) is 4.03. The van der Waals surface area contributed by atoms with Crippen LogP contribution in [-0.4, -0.2) is 21.7 Å². The zero-order valence-corrected chi connectivity index (χ0v) is 18.9. The molecule has 8 heteroatoms. The normalized spacial score (nSPS) is 16.3. The lowest BCUT2D eigenvalue weighted by Crippen LogP contribution is -2.30. The van der Waals surface area contributed by atoms with Crippen LogP contribution in [0.5, 0.6) is 0 Å². The molecule has 3 heterocycles. The van der Waals surface area contributed by atoms with Crippen LogP contribution >= 0.6 is 22.9 Å². The minimum Gasteiger partial charge on any atom is -0.503 e. The van der Waals surface area contributed by atoms with Gasteiger partial charge >= 0.3 is 0 Å². The van der Waals surface area contributed by atoms with E-state index in [1.165, 1.54) is 28.4 Å². The van der Waals surface area contributed by atoms with Gasteiger partial charge in [-0.2, -0.15) is 0 Å². The lowest BCUT2D eigenvalue weighted by molar-refractivity contribution is -0.130. The van der Waals surface area contributed by atoms with E-state index in [2.05, 4.69) is 0 Å². The Bertz CT molecular complexity index is 1440. The summed E-state index contributed by atoms with van der Waals surface area (Å²) in [6.45, 7) is 1.98. The van der Waals surface area contributed by atoms with Gasteiger partial charge in [-0.1, -0.05) is 23.7 Å². The maximum absolute atomic E-state index is 13.5. The molecule has 2 aromatic carbocycles. The van der Waals surface area contributed by atoms with E-state index in [9.17, 15) is 19.1 Å². The molecular weight excluding hydrogens is 465 g/mol. The topological polar surface area (TPSA) is 70.7 Å². The monoisotopic (exact) mass is 481 g/mol. The van der Waals surface area contributed by atoms with E-state index < -0.39 is 23.5 Å². The minimum absolute atomic E-state index is 0.00413. The van der Waals surface area contributed by atoms with Crippen molar-refractivity contribution in [3.63, 3.8) is 0 Å². The Labute approximate surface area is 197 Å². The largest absolute Gasteiger partial charge is 0.503 e. The molecule has 1 atom stereocenters. The fraction of sp³-hybridized carbons (Fsp3) is 0.120. The summed E-state index contributed by atoms with van der Waals surface area (Å²) in [4.78, 5) is 28.8. The van der Waals surface area contributed by atoms with Gasteiger partial charge in [-0.3, -0.25) is 9.59 Å². The van der Waals surface area contributed by atoms with Crippen LogP contribution in [-0.2, 0) is 11.3 Å².